The van der Waals surface area contributed by atoms with Gasteiger partial charge in [0.15, 0.2) is 5.65 Å². The minimum Gasteiger partial charge on any atom is -0.384 e. The lowest BCUT2D eigenvalue weighted by Gasteiger charge is -2.26. The summed E-state index contributed by atoms with van der Waals surface area (Å²) in [5.41, 5.74) is 9.85. The van der Waals surface area contributed by atoms with Crippen molar-refractivity contribution in [3.63, 3.8) is 0 Å². The number of morpholine rings is 1. The molecule has 1 aromatic carbocycles. The number of fused-ring (bicyclic) bond motifs is 1. The second-order valence-corrected chi connectivity index (χ2v) is 7.56. The van der Waals surface area contributed by atoms with Gasteiger partial charge in [0.1, 0.15) is 17.3 Å². The molecule has 0 spiro atoms. The number of pyridine rings is 1. The predicted molar refractivity (Wildman–Crippen MR) is 119 cm³/mol. The van der Waals surface area contributed by atoms with Crippen LogP contribution >= 0.6 is 0 Å². The first-order valence-corrected chi connectivity index (χ1v) is 10.3. The lowest BCUT2D eigenvalue weighted by atomic mass is 10.1. The van der Waals surface area contributed by atoms with Crippen molar-refractivity contribution in [1.29, 1.82) is 0 Å². The van der Waals surface area contributed by atoms with Gasteiger partial charge >= 0.3 is 0 Å². The second kappa shape index (κ2) is 8.75. The predicted octanol–water partition coefficient (Wildman–Crippen LogP) is 2.74. The molecule has 0 saturated carbocycles. The molecular weight excluding hydrogens is 407 g/mol. The molecular formula is C24H21FN6O. The zero-order valence-electron chi connectivity index (χ0n) is 17.3. The first-order chi connectivity index (χ1) is 15.7. The van der Waals surface area contributed by atoms with Gasteiger partial charge in [0.05, 0.1) is 31.3 Å². The van der Waals surface area contributed by atoms with Gasteiger partial charge < -0.3 is 10.5 Å². The molecule has 4 heterocycles. The Morgan fingerprint density at radius 2 is 1.91 bits per heavy atom. The number of rotatable bonds is 3. The number of nitrogen functional groups attached to an aromatic ring is 1. The molecule has 1 aliphatic heterocycles. The molecule has 3 aromatic heterocycles. The topological polar surface area (TPSA) is 81.6 Å². The minimum atomic E-state index is -0.239. The quantitative estimate of drug-likeness (QED) is 0.506. The summed E-state index contributed by atoms with van der Waals surface area (Å²) in [5, 5.41) is 0. The Bertz CT molecular complexity index is 1330. The van der Waals surface area contributed by atoms with Gasteiger partial charge in [-0.1, -0.05) is 18.1 Å². The Morgan fingerprint density at radius 1 is 1.03 bits per heavy atom. The van der Waals surface area contributed by atoms with Crippen LogP contribution < -0.4 is 5.73 Å². The van der Waals surface area contributed by atoms with Gasteiger partial charge in [0.2, 0.25) is 0 Å². The molecule has 1 aliphatic rings. The van der Waals surface area contributed by atoms with E-state index in [0.717, 1.165) is 18.7 Å². The highest BCUT2D eigenvalue weighted by atomic mass is 19.1. The Hall–Kier alpha value is -3.80. The number of halogens is 1. The van der Waals surface area contributed by atoms with Crippen molar-refractivity contribution in [2.24, 2.45) is 0 Å². The van der Waals surface area contributed by atoms with Crippen LogP contribution in [0.5, 0.6) is 0 Å². The van der Waals surface area contributed by atoms with E-state index >= 15 is 0 Å². The normalized spacial score (nSPS) is 14.3. The van der Waals surface area contributed by atoms with E-state index in [1.54, 1.807) is 30.7 Å². The van der Waals surface area contributed by atoms with E-state index in [1.165, 1.54) is 6.07 Å². The third-order valence-electron chi connectivity index (χ3n) is 5.36. The van der Waals surface area contributed by atoms with Crippen LogP contribution in [0.25, 0.3) is 16.9 Å². The van der Waals surface area contributed by atoms with E-state index in [1.807, 2.05) is 22.7 Å². The Labute approximate surface area is 184 Å². The fourth-order valence-corrected chi connectivity index (χ4v) is 3.63. The largest absolute Gasteiger partial charge is 0.384 e. The summed E-state index contributed by atoms with van der Waals surface area (Å²) in [6.45, 7) is 3.58. The summed E-state index contributed by atoms with van der Waals surface area (Å²) in [5.74, 6) is 6.35. The smallest absolute Gasteiger partial charge is 0.156 e. The van der Waals surface area contributed by atoms with Crippen molar-refractivity contribution in [1.82, 2.24) is 24.3 Å². The van der Waals surface area contributed by atoms with E-state index < -0.39 is 0 Å². The van der Waals surface area contributed by atoms with Crippen LogP contribution in [0, 0.1) is 17.7 Å². The molecule has 0 atom stereocenters. The number of hydrogen-bond donors (Lipinski definition) is 1. The van der Waals surface area contributed by atoms with Crippen LogP contribution in [-0.4, -0.2) is 50.6 Å². The number of aromatic nitrogens is 4. The molecule has 0 bridgehead atoms. The molecule has 1 saturated heterocycles. The molecule has 5 rings (SSSR count). The maximum Gasteiger partial charge on any atom is 0.156 e. The van der Waals surface area contributed by atoms with Crippen LogP contribution in [0.1, 0.15) is 16.8 Å². The number of nitrogens with two attached hydrogens (primary N) is 1. The van der Waals surface area contributed by atoms with Crippen LogP contribution in [0.3, 0.4) is 0 Å². The van der Waals surface area contributed by atoms with Crippen molar-refractivity contribution in [3.05, 3.63) is 77.8 Å². The fourth-order valence-electron chi connectivity index (χ4n) is 3.63. The Balaban J connectivity index is 1.42. The van der Waals surface area contributed by atoms with Crippen molar-refractivity contribution in [3.8, 4) is 23.1 Å². The average molecular weight is 428 g/mol. The highest BCUT2D eigenvalue weighted by Crippen LogP contribution is 2.22. The van der Waals surface area contributed by atoms with Gasteiger partial charge in [0, 0.05) is 48.7 Å². The van der Waals surface area contributed by atoms with Crippen molar-refractivity contribution >= 4 is 11.5 Å². The lowest BCUT2D eigenvalue weighted by molar-refractivity contribution is 0.0337. The molecule has 7 nitrogen and oxygen atoms in total. The third-order valence-corrected chi connectivity index (χ3v) is 5.36. The van der Waals surface area contributed by atoms with Gasteiger partial charge in [-0.05, 0) is 24.1 Å². The SMILES string of the molecule is Nc1cc(C#Cc2cnc3cnc(-c4ccc(CN5CCOCC5)c(F)c4)cn23)ccn1. The van der Waals surface area contributed by atoms with Crippen LogP contribution in [0.15, 0.2) is 55.1 Å². The molecule has 0 unspecified atom stereocenters. The highest BCUT2D eigenvalue weighted by Gasteiger charge is 2.14. The molecule has 8 heteroatoms. The van der Waals surface area contributed by atoms with Gasteiger partial charge in [-0.25, -0.2) is 14.4 Å². The molecule has 1 fully saturated rings. The van der Waals surface area contributed by atoms with E-state index in [2.05, 4.69) is 31.7 Å². The third kappa shape index (κ3) is 4.30. The van der Waals surface area contributed by atoms with Crippen molar-refractivity contribution in [2.45, 2.75) is 6.54 Å². The zero-order chi connectivity index (χ0) is 21.9. The number of hydrogen-bond acceptors (Lipinski definition) is 6. The fraction of sp³-hybridized carbons (Fsp3) is 0.208. The number of benzene rings is 1. The monoisotopic (exact) mass is 428 g/mol. The van der Waals surface area contributed by atoms with Crippen LogP contribution in [0.4, 0.5) is 10.2 Å². The minimum absolute atomic E-state index is 0.239. The summed E-state index contributed by atoms with van der Waals surface area (Å²) in [7, 11) is 0. The number of ether oxygens (including phenoxy) is 1. The second-order valence-electron chi connectivity index (χ2n) is 7.56. The summed E-state index contributed by atoms with van der Waals surface area (Å²) in [6.07, 6.45) is 6.78. The molecule has 0 radical (unpaired) electrons. The van der Waals surface area contributed by atoms with Crippen LogP contribution in [-0.2, 0) is 11.3 Å². The maximum absolute atomic E-state index is 14.8. The number of imidazole rings is 1. The molecule has 4 aromatic rings. The molecule has 0 aliphatic carbocycles. The van der Waals surface area contributed by atoms with Crippen molar-refractivity contribution < 1.29 is 9.13 Å². The average Bonchev–Trinajstić information content (AvgIpc) is 3.22. The Kier molecular flexibility index (Phi) is 5.50. The molecule has 0 amide bonds. The van der Waals surface area contributed by atoms with E-state index in [9.17, 15) is 4.39 Å². The van der Waals surface area contributed by atoms with E-state index in [-0.39, 0.29) is 5.82 Å². The standard InChI is InChI=1S/C24H21FN6O/c25-21-12-18(2-3-19(21)15-30-7-9-32-10-8-30)22-16-31-20(13-29-24(31)14-28-22)4-1-17-5-6-27-23(26)11-17/h2-3,5-6,11-14,16H,7-10,15H2,(H2,26,27). The number of anilines is 1. The lowest BCUT2D eigenvalue weighted by Crippen LogP contribution is -2.35. The van der Waals surface area contributed by atoms with Crippen LogP contribution in [0.2, 0.25) is 0 Å². The van der Waals surface area contributed by atoms with Crippen molar-refractivity contribution in [2.75, 3.05) is 32.0 Å². The summed E-state index contributed by atoms with van der Waals surface area (Å²) in [4.78, 5) is 15.0. The Morgan fingerprint density at radius 3 is 2.72 bits per heavy atom. The highest BCUT2D eigenvalue weighted by molar-refractivity contribution is 5.61. The zero-order valence-corrected chi connectivity index (χ0v) is 17.3. The maximum atomic E-state index is 14.8. The number of nitrogens with zero attached hydrogens (tertiary/aromatic N) is 5. The molecule has 160 valence electrons. The van der Waals surface area contributed by atoms with E-state index in [0.29, 0.717) is 53.7 Å². The summed E-state index contributed by atoms with van der Waals surface area (Å²) < 4.78 is 22.0. The van der Waals surface area contributed by atoms with Gasteiger partial charge in [-0.3, -0.25) is 14.3 Å². The first-order valence-electron chi connectivity index (χ1n) is 10.3. The summed E-state index contributed by atoms with van der Waals surface area (Å²) in [6, 6.07) is 8.76. The molecule has 2 N–H and O–H groups in total. The van der Waals surface area contributed by atoms with E-state index in [4.69, 9.17) is 10.5 Å². The first kappa shape index (κ1) is 20.1. The summed E-state index contributed by atoms with van der Waals surface area (Å²) >= 11 is 0. The van der Waals surface area contributed by atoms with Gasteiger partial charge in [-0.15, -0.1) is 0 Å². The van der Waals surface area contributed by atoms with Gasteiger partial charge in [0.25, 0.3) is 0 Å². The molecule has 32 heavy (non-hydrogen) atoms. The van der Waals surface area contributed by atoms with Gasteiger partial charge in [-0.2, -0.15) is 0 Å².